The van der Waals surface area contributed by atoms with Crippen molar-refractivity contribution in [2.45, 2.75) is 36.7 Å². The van der Waals surface area contributed by atoms with E-state index in [1.807, 2.05) is 23.1 Å². The molecule has 0 bridgehead atoms. The van der Waals surface area contributed by atoms with Gasteiger partial charge in [-0.25, -0.2) is 13.4 Å². The van der Waals surface area contributed by atoms with E-state index in [0.717, 1.165) is 42.5 Å². The molecule has 9 heteroatoms. The molecule has 2 aromatic rings. The molecular formula is C19H21ClN4O3S. The van der Waals surface area contributed by atoms with Crippen LogP contribution in [0.4, 0.5) is 17.5 Å². The van der Waals surface area contributed by atoms with Crippen LogP contribution in [-0.4, -0.2) is 41.5 Å². The Bertz CT molecular complexity index is 1070. The normalized spacial score (nSPS) is 23.6. The number of hydrogen-bond acceptors (Lipinski definition) is 7. The van der Waals surface area contributed by atoms with Crippen molar-refractivity contribution in [2.75, 3.05) is 28.7 Å². The number of anilines is 3. The number of nitrogens with two attached hydrogens (primary N) is 1. The Morgan fingerprint density at radius 2 is 1.93 bits per heavy atom. The molecule has 148 valence electrons. The van der Waals surface area contributed by atoms with Gasteiger partial charge in [0, 0.05) is 17.6 Å². The van der Waals surface area contributed by atoms with Gasteiger partial charge in [-0.1, -0.05) is 36.6 Å². The molecule has 1 spiro atoms. The molecule has 1 saturated heterocycles. The number of nitrogen functional groups attached to an aromatic ring is 1. The third-order valence-electron chi connectivity index (χ3n) is 6.28. The van der Waals surface area contributed by atoms with Gasteiger partial charge < -0.3 is 15.7 Å². The highest BCUT2D eigenvalue weighted by Gasteiger charge is 2.56. The molecule has 1 aromatic carbocycles. The van der Waals surface area contributed by atoms with Crippen molar-refractivity contribution in [1.82, 2.24) is 9.97 Å². The standard InChI is InChI=1S/C19H21ClN4O3S/c20-14-8-22-17(21)23-16(14)24-9-18(10-28(26,27)11-18)13-4-3-12(7-15(13)24)19(25)5-1-2-6-19/h3-4,7-8,25H,1-2,5-6,9-11H2,(H2,21,22,23). The molecule has 1 aromatic heterocycles. The molecule has 0 atom stereocenters. The molecule has 3 aliphatic rings. The molecule has 0 amide bonds. The lowest BCUT2D eigenvalue weighted by Gasteiger charge is -2.38. The van der Waals surface area contributed by atoms with Gasteiger partial charge in [0.25, 0.3) is 0 Å². The van der Waals surface area contributed by atoms with Gasteiger partial charge in [-0.2, -0.15) is 4.98 Å². The maximum absolute atomic E-state index is 12.0. The second-order valence-corrected chi connectivity index (χ2v) is 10.7. The molecular weight excluding hydrogens is 400 g/mol. The molecule has 3 N–H and O–H groups in total. The predicted octanol–water partition coefficient (Wildman–Crippen LogP) is 2.29. The number of benzene rings is 1. The Morgan fingerprint density at radius 1 is 1.21 bits per heavy atom. The second kappa shape index (κ2) is 5.81. The van der Waals surface area contributed by atoms with Crippen LogP contribution in [0.5, 0.6) is 0 Å². The molecule has 7 nitrogen and oxygen atoms in total. The summed E-state index contributed by atoms with van der Waals surface area (Å²) in [6.45, 7) is 0.458. The number of fused-ring (bicyclic) bond motifs is 2. The van der Waals surface area contributed by atoms with Gasteiger partial charge in [0.15, 0.2) is 15.7 Å². The van der Waals surface area contributed by atoms with Crippen LogP contribution < -0.4 is 10.6 Å². The van der Waals surface area contributed by atoms with E-state index in [9.17, 15) is 13.5 Å². The zero-order chi connectivity index (χ0) is 19.7. The van der Waals surface area contributed by atoms with Gasteiger partial charge in [0.2, 0.25) is 5.95 Å². The van der Waals surface area contributed by atoms with Gasteiger partial charge in [0.05, 0.1) is 23.3 Å². The number of aliphatic hydroxyl groups is 1. The SMILES string of the molecule is Nc1ncc(Cl)c(N2CC3(CS(=O)(=O)C3)c3ccc(C4(O)CCCC4)cc32)n1. The van der Waals surface area contributed by atoms with Crippen LogP contribution in [0.15, 0.2) is 24.4 Å². The topological polar surface area (TPSA) is 109 Å². The largest absolute Gasteiger partial charge is 0.385 e. The predicted molar refractivity (Wildman–Crippen MR) is 108 cm³/mol. The first-order valence-electron chi connectivity index (χ1n) is 9.35. The highest BCUT2D eigenvalue weighted by Crippen LogP contribution is 2.52. The van der Waals surface area contributed by atoms with E-state index in [2.05, 4.69) is 9.97 Å². The Balaban J connectivity index is 1.66. The summed E-state index contributed by atoms with van der Waals surface area (Å²) in [5, 5.41) is 11.4. The van der Waals surface area contributed by atoms with E-state index < -0.39 is 20.9 Å². The van der Waals surface area contributed by atoms with E-state index in [1.165, 1.54) is 6.20 Å². The van der Waals surface area contributed by atoms with E-state index in [-0.39, 0.29) is 17.5 Å². The van der Waals surface area contributed by atoms with Gasteiger partial charge in [0.1, 0.15) is 5.02 Å². The minimum Gasteiger partial charge on any atom is -0.385 e. The first-order valence-corrected chi connectivity index (χ1v) is 11.5. The number of aromatic nitrogens is 2. The Morgan fingerprint density at radius 3 is 2.61 bits per heavy atom. The first-order chi connectivity index (χ1) is 13.2. The third-order valence-corrected chi connectivity index (χ3v) is 8.53. The maximum atomic E-state index is 12.0. The molecule has 28 heavy (non-hydrogen) atoms. The van der Waals surface area contributed by atoms with Crippen molar-refractivity contribution >= 4 is 38.9 Å². The number of sulfone groups is 1. The highest BCUT2D eigenvalue weighted by molar-refractivity contribution is 7.93. The van der Waals surface area contributed by atoms with Crippen molar-refractivity contribution in [3.05, 3.63) is 40.5 Å². The van der Waals surface area contributed by atoms with Gasteiger partial charge in [-0.05, 0) is 30.0 Å². The summed E-state index contributed by atoms with van der Waals surface area (Å²) >= 11 is 6.36. The lowest BCUT2D eigenvalue weighted by molar-refractivity contribution is 0.0445. The van der Waals surface area contributed by atoms with Crippen LogP contribution in [-0.2, 0) is 20.9 Å². The van der Waals surface area contributed by atoms with Gasteiger partial charge in [-0.3, -0.25) is 0 Å². The van der Waals surface area contributed by atoms with E-state index in [0.29, 0.717) is 17.4 Å². The molecule has 2 aliphatic heterocycles. The van der Waals surface area contributed by atoms with E-state index in [1.54, 1.807) is 0 Å². The number of nitrogens with zero attached hydrogens (tertiary/aromatic N) is 3. The van der Waals surface area contributed by atoms with Crippen LogP contribution in [0.1, 0.15) is 36.8 Å². The fourth-order valence-corrected chi connectivity index (χ4v) is 7.30. The highest BCUT2D eigenvalue weighted by atomic mass is 35.5. The summed E-state index contributed by atoms with van der Waals surface area (Å²) in [5.41, 5.74) is 7.12. The molecule has 2 fully saturated rings. The molecule has 3 heterocycles. The number of halogens is 1. The van der Waals surface area contributed by atoms with Crippen LogP contribution in [0, 0.1) is 0 Å². The lowest BCUT2D eigenvalue weighted by Crippen LogP contribution is -2.54. The third kappa shape index (κ3) is 2.62. The monoisotopic (exact) mass is 420 g/mol. The first kappa shape index (κ1) is 18.1. The van der Waals surface area contributed by atoms with Crippen molar-refractivity contribution in [1.29, 1.82) is 0 Å². The van der Waals surface area contributed by atoms with Crippen LogP contribution >= 0.6 is 11.6 Å². The zero-order valence-corrected chi connectivity index (χ0v) is 16.8. The molecule has 5 rings (SSSR count). The molecule has 0 radical (unpaired) electrons. The molecule has 0 unspecified atom stereocenters. The average molecular weight is 421 g/mol. The fraction of sp³-hybridized carbons (Fsp3) is 0.474. The average Bonchev–Trinajstić information content (AvgIpc) is 3.19. The van der Waals surface area contributed by atoms with Crippen molar-refractivity contribution < 1.29 is 13.5 Å². The summed E-state index contributed by atoms with van der Waals surface area (Å²) in [6.07, 6.45) is 4.90. The van der Waals surface area contributed by atoms with E-state index in [4.69, 9.17) is 17.3 Å². The summed E-state index contributed by atoms with van der Waals surface area (Å²) < 4.78 is 24.0. The minimum absolute atomic E-state index is 0.102. The minimum atomic E-state index is -3.04. The van der Waals surface area contributed by atoms with Crippen LogP contribution in [0.3, 0.4) is 0 Å². The van der Waals surface area contributed by atoms with Gasteiger partial charge >= 0.3 is 0 Å². The zero-order valence-electron chi connectivity index (χ0n) is 15.2. The van der Waals surface area contributed by atoms with Crippen molar-refractivity contribution in [2.24, 2.45) is 0 Å². The lowest BCUT2D eigenvalue weighted by atomic mass is 9.83. The van der Waals surface area contributed by atoms with Crippen LogP contribution in [0.2, 0.25) is 5.02 Å². The Labute approximate surface area is 168 Å². The summed E-state index contributed by atoms with van der Waals surface area (Å²) in [4.78, 5) is 10.2. The smallest absolute Gasteiger partial charge is 0.222 e. The van der Waals surface area contributed by atoms with Crippen molar-refractivity contribution in [3.8, 4) is 0 Å². The number of rotatable bonds is 2. The molecule has 1 aliphatic carbocycles. The van der Waals surface area contributed by atoms with E-state index >= 15 is 0 Å². The van der Waals surface area contributed by atoms with Crippen molar-refractivity contribution in [3.63, 3.8) is 0 Å². The Kier molecular flexibility index (Phi) is 3.76. The fourth-order valence-electron chi connectivity index (χ4n) is 5.01. The summed E-state index contributed by atoms with van der Waals surface area (Å²) in [7, 11) is -3.04. The number of hydrogen-bond donors (Lipinski definition) is 2. The summed E-state index contributed by atoms with van der Waals surface area (Å²) in [5.74, 6) is 0.775. The summed E-state index contributed by atoms with van der Waals surface area (Å²) in [6, 6.07) is 5.87. The molecule has 1 saturated carbocycles. The maximum Gasteiger partial charge on any atom is 0.222 e. The Hall–Kier alpha value is -1.90. The quantitative estimate of drug-likeness (QED) is 0.766. The second-order valence-electron chi connectivity index (χ2n) is 8.27. The van der Waals surface area contributed by atoms with Crippen LogP contribution in [0.25, 0.3) is 0 Å². The van der Waals surface area contributed by atoms with Gasteiger partial charge in [-0.15, -0.1) is 0 Å².